The molecule has 1 atom stereocenters. The zero-order valence-electron chi connectivity index (χ0n) is 19.5. The van der Waals surface area contributed by atoms with Crippen molar-refractivity contribution >= 4 is 0 Å². The van der Waals surface area contributed by atoms with Crippen molar-refractivity contribution in [2.75, 3.05) is 33.2 Å². The van der Waals surface area contributed by atoms with Gasteiger partial charge in [0.25, 0.3) is 0 Å². The van der Waals surface area contributed by atoms with Crippen molar-refractivity contribution in [3.63, 3.8) is 0 Å². The number of likely N-dealkylation sites (tertiary alicyclic amines) is 1. The summed E-state index contributed by atoms with van der Waals surface area (Å²) in [7, 11) is 2.00. The van der Waals surface area contributed by atoms with Crippen molar-refractivity contribution in [3.8, 4) is 5.75 Å². The largest absolute Gasteiger partial charge is 0.485 e. The molecule has 3 nitrogen and oxygen atoms in total. The van der Waals surface area contributed by atoms with Gasteiger partial charge in [0.1, 0.15) is 11.9 Å². The molecule has 1 N–H and O–H groups in total. The van der Waals surface area contributed by atoms with Crippen LogP contribution in [0.3, 0.4) is 0 Å². The van der Waals surface area contributed by atoms with E-state index in [1.807, 2.05) is 7.05 Å². The highest BCUT2D eigenvalue weighted by molar-refractivity contribution is 5.37. The SMILES string of the molecule is CNCCC(Oc1ccccc1C1CCN(CCC2=CCCC=C2)CC1)c1ccccc1. The Bertz CT molecular complexity index is 881. The molecule has 1 unspecified atom stereocenters. The average molecular weight is 431 g/mol. The van der Waals surface area contributed by atoms with Gasteiger partial charge in [-0.2, -0.15) is 0 Å². The second-order valence-electron chi connectivity index (χ2n) is 9.07. The maximum Gasteiger partial charge on any atom is 0.125 e. The molecule has 1 fully saturated rings. The minimum atomic E-state index is 0.0710. The van der Waals surface area contributed by atoms with Gasteiger partial charge in [-0.25, -0.2) is 0 Å². The molecule has 2 aromatic carbocycles. The van der Waals surface area contributed by atoms with Crippen LogP contribution in [0.25, 0.3) is 0 Å². The predicted molar refractivity (Wildman–Crippen MR) is 134 cm³/mol. The monoisotopic (exact) mass is 430 g/mol. The Morgan fingerprint density at radius 3 is 2.53 bits per heavy atom. The van der Waals surface area contributed by atoms with Gasteiger partial charge in [0.15, 0.2) is 0 Å². The Balaban J connectivity index is 1.37. The average Bonchev–Trinajstić information content (AvgIpc) is 2.87. The standard InChI is InChI=1S/C29H38N2O/c1-30-20-16-28(26-12-6-3-7-13-26)32-29-15-9-8-14-27(29)25-18-22-31(23-19-25)21-17-24-10-4-2-5-11-24/h3-4,6-15,25,28,30H,2,5,16-23H2,1H3. The third-order valence-electron chi connectivity index (χ3n) is 6.83. The van der Waals surface area contributed by atoms with E-state index in [-0.39, 0.29) is 6.10 Å². The summed E-state index contributed by atoms with van der Waals surface area (Å²) in [5.74, 6) is 1.64. The van der Waals surface area contributed by atoms with E-state index >= 15 is 0 Å². The van der Waals surface area contributed by atoms with Crippen LogP contribution in [0.15, 0.2) is 78.4 Å². The molecule has 0 saturated carbocycles. The molecule has 32 heavy (non-hydrogen) atoms. The lowest BCUT2D eigenvalue weighted by molar-refractivity contribution is 0.184. The third-order valence-corrected chi connectivity index (χ3v) is 6.83. The molecule has 1 aliphatic carbocycles. The smallest absolute Gasteiger partial charge is 0.125 e. The molecule has 2 aliphatic rings. The van der Waals surface area contributed by atoms with Gasteiger partial charge in [0.05, 0.1) is 0 Å². The molecule has 0 bridgehead atoms. The summed E-state index contributed by atoms with van der Waals surface area (Å²) >= 11 is 0. The number of hydrogen-bond donors (Lipinski definition) is 1. The van der Waals surface area contributed by atoms with Crippen molar-refractivity contribution in [1.29, 1.82) is 0 Å². The van der Waals surface area contributed by atoms with Crippen LogP contribution in [0, 0.1) is 0 Å². The van der Waals surface area contributed by atoms with Crippen LogP contribution >= 0.6 is 0 Å². The number of nitrogens with zero attached hydrogens (tertiary/aromatic N) is 1. The van der Waals surface area contributed by atoms with Crippen LogP contribution in [0.5, 0.6) is 5.75 Å². The summed E-state index contributed by atoms with van der Waals surface area (Å²) in [6, 6.07) is 19.4. The quantitative estimate of drug-likeness (QED) is 0.481. The first kappa shape index (κ1) is 22.8. The van der Waals surface area contributed by atoms with Gasteiger partial charge in [-0.15, -0.1) is 0 Å². The lowest BCUT2D eigenvalue weighted by Crippen LogP contribution is -2.34. The normalized spacial score (nSPS) is 18.3. The fourth-order valence-electron chi connectivity index (χ4n) is 4.92. The number of benzene rings is 2. The molecule has 1 saturated heterocycles. The fourth-order valence-corrected chi connectivity index (χ4v) is 4.92. The Labute approximate surface area is 194 Å². The van der Waals surface area contributed by atoms with Crippen molar-refractivity contribution in [2.24, 2.45) is 0 Å². The van der Waals surface area contributed by atoms with Gasteiger partial charge >= 0.3 is 0 Å². The van der Waals surface area contributed by atoms with Crippen molar-refractivity contribution < 1.29 is 4.74 Å². The maximum atomic E-state index is 6.67. The lowest BCUT2D eigenvalue weighted by atomic mass is 9.88. The van der Waals surface area contributed by atoms with E-state index in [2.05, 4.69) is 83.0 Å². The third kappa shape index (κ3) is 6.34. The molecule has 0 radical (unpaired) electrons. The van der Waals surface area contributed by atoms with Gasteiger partial charge in [-0.1, -0.05) is 72.3 Å². The molecular formula is C29H38N2O. The van der Waals surface area contributed by atoms with Gasteiger partial charge in [0, 0.05) is 13.0 Å². The van der Waals surface area contributed by atoms with Crippen LogP contribution in [-0.2, 0) is 0 Å². The van der Waals surface area contributed by atoms with E-state index in [9.17, 15) is 0 Å². The van der Waals surface area contributed by atoms with Gasteiger partial charge < -0.3 is 15.0 Å². The second-order valence-corrected chi connectivity index (χ2v) is 9.07. The molecule has 0 amide bonds. The highest BCUT2D eigenvalue weighted by atomic mass is 16.5. The van der Waals surface area contributed by atoms with Crippen LogP contribution in [-0.4, -0.2) is 38.1 Å². The second kappa shape index (κ2) is 12.0. The van der Waals surface area contributed by atoms with E-state index < -0.39 is 0 Å². The number of nitrogens with one attached hydrogen (secondary N) is 1. The van der Waals surface area contributed by atoms with E-state index in [0.29, 0.717) is 5.92 Å². The summed E-state index contributed by atoms with van der Waals surface area (Å²) in [6.45, 7) is 4.47. The maximum absolute atomic E-state index is 6.67. The van der Waals surface area contributed by atoms with Crippen molar-refractivity contribution in [1.82, 2.24) is 10.2 Å². The van der Waals surface area contributed by atoms with E-state index in [4.69, 9.17) is 4.74 Å². The van der Waals surface area contributed by atoms with E-state index in [1.54, 1.807) is 0 Å². The molecule has 1 aliphatic heterocycles. The summed E-state index contributed by atoms with van der Waals surface area (Å²) in [6.07, 6.45) is 14.1. The zero-order chi connectivity index (χ0) is 22.0. The molecule has 2 aromatic rings. The van der Waals surface area contributed by atoms with Crippen LogP contribution < -0.4 is 10.1 Å². The number of ether oxygens (including phenoxy) is 1. The molecule has 4 rings (SSSR count). The molecule has 0 aromatic heterocycles. The van der Waals surface area contributed by atoms with Crippen molar-refractivity contribution in [3.05, 3.63) is 89.5 Å². The number of piperidine rings is 1. The summed E-state index contributed by atoms with van der Waals surface area (Å²) in [5, 5.41) is 3.28. The predicted octanol–water partition coefficient (Wildman–Crippen LogP) is 6.26. The Kier molecular flexibility index (Phi) is 8.58. The molecule has 1 heterocycles. The summed E-state index contributed by atoms with van der Waals surface area (Å²) in [5.41, 5.74) is 4.15. The molecule has 3 heteroatoms. The zero-order valence-corrected chi connectivity index (χ0v) is 19.5. The first-order valence-electron chi connectivity index (χ1n) is 12.4. The Morgan fingerprint density at radius 2 is 1.78 bits per heavy atom. The van der Waals surface area contributed by atoms with Crippen LogP contribution in [0.4, 0.5) is 0 Å². The number of hydrogen-bond acceptors (Lipinski definition) is 3. The first-order valence-corrected chi connectivity index (χ1v) is 12.4. The van der Waals surface area contributed by atoms with Gasteiger partial charge in [-0.3, -0.25) is 0 Å². The number of rotatable bonds is 10. The topological polar surface area (TPSA) is 24.5 Å². The first-order chi connectivity index (χ1) is 15.8. The van der Waals surface area contributed by atoms with Gasteiger partial charge in [-0.05, 0) is 81.9 Å². The minimum Gasteiger partial charge on any atom is -0.485 e. The summed E-state index contributed by atoms with van der Waals surface area (Å²) in [4.78, 5) is 2.64. The highest BCUT2D eigenvalue weighted by Crippen LogP contribution is 2.37. The number of allylic oxidation sites excluding steroid dienone is 3. The minimum absolute atomic E-state index is 0.0710. The molecular weight excluding hydrogens is 392 g/mol. The van der Waals surface area contributed by atoms with Crippen molar-refractivity contribution in [2.45, 2.75) is 50.5 Å². The van der Waals surface area contributed by atoms with Crippen LogP contribution in [0.1, 0.15) is 61.7 Å². The lowest BCUT2D eigenvalue weighted by Gasteiger charge is -2.33. The molecule has 0 spiro atoms. The fraction of sp³-hybridized carbons (Fsp3) is 0.448. The van der Waals surface area contributed by atoms with E-state index in [1.165, 1.54) is 68.4 Å². The van der Waals surface area contributed by atoms with Gasteiger partial charge in [0.2, 0.25) is 0 Å². The Hall–Kier alpha value is -2.36. The Morgan fingerprint density at radius 1 is 1.00 bits per heavy atom. The van der Waals surface area contributed by atoms with Crippen LogP contribution in [0.2, 0.25) is 0 Å². The highest BCUT2D eigenvalue weighted by Gasteiger charge is 2.24. The number of para-hydroxylation sites is 1. The molecule has 170 valence electrons. The summed E-state index contributed by atoms with van der Waals surface area (Å²) < 4.78 is 6.67. The van der Waals surface area contributed by atoms with E-state index in [0.717, 1.165) is 18.7 Å².